The number of ether oxygens (including phenoxy) is 1. The van der Waals surface area contributed by atoms with Crippen LogP contribution in [0.25, 0.3) is 0 Å². The van der Waals surface area contributed by atoms with Crippen LogP contribution in [0.2, 0.25) is 0 Å². The van der Waals surface area contributed by atoms with Gasteiger partial charge in [0.05, 0.1) is 0 Å². The van der Waals surface area contributed by atoms with Crippen molar-refractivity contribution >= 4 is 11.8 Å². The van der Waals surface area contributed by atoms with Gasteiger partial charge in [-0.25, -0.2) is 0 Å². The van der Waals surface area contributed by atoms with E-state index in [1.807, 2.05) is 29.2 Å². The number of carbonyl (C=O) groups excluding carboxylic acids is 2. The lowest BCUT2D eigenvalue weighted by Gasteiger charge is -2.52. The Kier molecular flexibility index (Phi) is 8.14. The van der Waals surface area contributed by atoms with E-state index >= 15 is 0 Å². The van der Waals surface area contributed by atoms with Crippen LogP contribution >= 0.6 is 0 Å². The fourth-order valence-electron chi connectivity index (χ4n) is 5.28. The zero-order valence-electron chi connectivity index (χ0n) is 21.6. The third kappa shape index (κ3) is 5.81. The number of amides is 2. The molecule has 8 heteroatoms. The van der Waals surface area contributed by atoms with Crippen molar-refractivity contribution in [1.82, 2.24) is 15.1 Å². The number of hydrogen-bond acceptors (Lipinski definition) is 5. The van der Waals surface area contributed by atoms with Crippen molar-refractivity contribution in [1.29, 1.82) is 0 Å². The Morgan fingerprint density at radius 2 is 1.86 bits per heavy atom. The summed E-state index contributed by atoms with van der Waals surface area (Å²) in [6.07, 6.45) is 6.67. The molecule has 8 nitrogen and oxygen atoms in total. The normalized spacial score (nSPS) is 20.1. The highest BCUT2D eigenvalue weighted by Crippen LogP contribution is 2.35. The van der Waals surface area contributed by atoms with Gasteiger partial charge in [0.1, 0.15) is 17.3 Å². The molecule has 3 heterocycles. The lowest BCUT2D eigenvalue weighted by molar-refractivity contribution is -0.605. The molecular formula is C28H38N4O4. The Morgan fingerprint density at radius 1 is 1.14 bits per heavy atom. The van der Waals surface area contributed by atoms with E-state index < -0.39 is 11.6 Å². The van der Waals surface area contributed by atoms with E-state index in [-0.39, 0.29) is 11.8 Å². The van der Waals surface area contributed by atoms with Gasteiger partial charge in [-0.05, 0) is 55.4 Å². The molecule has 0 unspecified atom stereocenters. The maximum atomic E-state index is 13.4. The first-order chi connectivity index (χ1) is 17.3. The summed E-state index contributed by atoms with van der Waals surface area (Å²) in [5.41, 5.74) is 0.413. The van der Waals surface area contributed by atoms with Gasteiger partial charge in [0.15, 0.2) is 11.9 Å². The molecular weight excluding hydrogens is 456 g/mol. The second-order valence-electron chi connectivity index (χ2n) is 10.5. The molecule has 0 aliphatic carbocycles. The van der Waals surface area contributed by atoms with E-state index in [0.29, 0.717) is 48.0 Å². The third-order valence-electron chi connectivity index (χ3n) is 7.25. The van der Waals surface area contributed by atoms with Gasteiger partial charge in [0.25, 0.3) is 0 Å². The Hall–Kier alpha value is -3.13. The van der Waals surface area contributed by atoms with Crippen molar-refractivity contribution in [2.45, 2.75) is 71.0 Å². The molecule has 2 fully saturated rings. The van der Waals surface area contributed by atoms with Crippen molar-refractivity contribution in [3.63, 3.8) is 0 Å². The van der Waals surface area contributed by atoms with Crippen LogP contribution in [-0.4, -0.2) is 52.8 Å². The molecule has 1 atom stereocenters. The van der Waals surface area contributed by atoms with Gasteiger partial charge in [-0.2, -0.15) is 4.73 Å². The molecule has 36 heavy (non-hydrogen) atoms. The van der Waals surface area contributed by atoms with Crippen molar-refractivity contribution in [2.24, 2.45) is 5.92 Å². The Balaban J connectivity index is 1.38. The van der Waals surface area contributed by atoms with E-state index in [2.05, 4.69) is 31.0 Å². The summed E-state index contributed by atoms with van der Waals surface area (Å²) in [6, 6.07) is 10.8. The Labute approximate surface area is 213 Å². The standard InChI is InChI=1S/C28H38N4O4/c1-4-5-15-32-26(33)25(18-21(2)3)29-27(34)28(32)12-16-30(17-13-28)19-22-8-10-23(11-9-22)36-24-7-6-14-31(35)20-24/h6-11,14,20-21,25H,4-5,12-13,15-19H2,1-3H3,(H,29,34)/t25-/m0/s1. The first kappa shape index (κ1) is 25.9. The number of aromatic nitrogens is 1. The van der Waals surface area contributed by atoms with Crippen LogP contribution < -0.4 is 14.8 Å². The number of likely N-dealkylation sites (tertiary alicyclic amines) is 1. The van der Waals surface area contributed by atoms with Gasteiger partial charge >= 0.3 is 0 Å². The average molecular weight is 495 g/mol. The van der Waals surface area contributed by atoms with E-state index in [0.717, 1.165) is 38.0 Å². The first-order valence-corrected chi connectivity index (χ1v) is 13.1. The molecule has 1 aromatic heterocycles. The summed E-state index contributed by atoms with van der Waals surface area (Å²) in [4.78, 5) is 31.1. The van der Waals surface area contributed by atoms with Gasteiger partial charge in [-0.15, -0.1) is 0 Å². The zero-order chi connectivity index (χ0) is 25.7. The topological polar surface area (TPSA) is 88.8 Å². The van der Waals surface area contributed by atoms with Crippen LogP contribution in [0.4, 0.5) is 0 Å². The van der Waals surface area contributed by atoms with E-state index in [4.69, 9.17) is 4.74 Å². The highest BCUT2D eigenvalue weighted by molar-refractivity contribution is 6.00. The summed E-state index contributed by atoms with van der Waals surface area (Å²) < 4.78 is 6.47. The molecule has 2 aliphatic heterocycles. The predicted molar refractivity (Wildman–Crippen MR) is 137 cm³/mol. The summed E-state index contributed by atoms with van der Waals surface area (Å²) in [5.74, 6) is 1.61. The zero-order valence-corrected chi connectivity index (χ0v) is 21.6. The largest absolute Gasteiger partial charge is 0.619 e. The molecule has 0 saturated carbocycles. The molecule has 0 radical (unpaired) electrons. The third-order valence-corrected chi connectivity index (χ3v) is 7.25. The van der Waals surface area contributed by atoms with Crippen molar-refractivity contribution in [3.8, 4) is 11.5 Å². The number of piperazine rings is 1. The number of carbonyl (C=O) groups is 2. The van der Waals surface area contributed by atoms with Crippen LogP contribution in [0, 0.1) is 11.1 Å². The average Bonchev–Trinajstić information content (AvgIpc) is 2.85. The van der Waals surface area contributed by atoms with Crippen LogP contribution in [0.1, 0.15) is 58.4 Å². The molecule has 4 rings (SSSR count). The molecule has 2 aromatic rings. The second kappa shape index (κ2) is 11.3. The number of hydrogen-bond donors (Lipinski definition) is 1. The molecule has 0 bridgehead atoms. The molecule has 1 spiro atoms. The highest BCUT2D eigenvalue weighted by Gasteiger charge is 2.53. The van der Waals surface area contributed by atoms with Gasteiger partial charge in [-0.3, -0.25) is 14.5 Å². The summed E-state index contributed by atoms with van der Waals surface area (Å²) in [5, 5.41) is 14.5. The summed E-state index contributed by atoms with van der Waals surface area (Å²) in [7, 11) is 0. The molecule has 2 amide bonds. The van der Waals surface area contributed by atoms with Crippen molar-refractivity contribution < 1.29 is 19.1 Å². The molecule has 1 aromatic carbocycles. The van der Waals surface area contributed by atoms with E-state index in [9.17, 15) is 14.8 Å². The minimum atomic E-state index is -0.734. The van der Waals surface area contributed by atoms with Crippen LogP contribution in [0.5, 0.6) is 11.5 Å². The summed E-state index contributed by atoms with van der Waals surface area (Å²) >= 11 is 0. The van der Waals surface area contributed by atoms with Crippen molar-refractivity contribution in [3.05, 3.63) is 59.6 Å². The minimum absolute atomic E-state index is 0.0188. The number of nitrogens with one attached hydrogen (secondary N) is 1. The number of piperidine rings is 1. The van der Waals surface area contributed by atoms with Crippen LogP contribution in [-0.2, 0) is 16.1 Å². The number of rotatable bonds is 9. The van der Waals surface area contributed by atoms with E-state index in [1.165, 1.54) is 12.4 Å². The molecule has 2 aliphatic rings. The minimum Gasteiger partial charge on any atom is -0.619 e. The van der Waals surface area contributed by atoms with Gasteiger partial charge in [-0.1, -0.05) is 39.3 Å². The van der Waals surface area contributed by atoms with Gasteiger partial charge < -0.3 is 20.2 Å². The second-order valence-corrected chi connectivity index (χ2v) is 10.5. The molecule has 2 saturated heterocycles. The maximum Gasteiger partial charge on any atom is 0.246 e. The fourth-order valence-corrected chi connectivity index (χ4v) is 5.28. The Morgan fingerprint density at radius 3 is 2.50 bits per heavy atom. The number of unbranched alkanes of at least 4 members (excludes halogenated alkanes) is 1. The van der Waals surface area contributed by atoms with E-state index in [1.54, 1.807) is 12.1 Å². The smallest absolute Gasteiger partial charge is 0.246 e. The first-order valence-electron chi connectivity index (χ1n) is 13.1. The predicted octanol–water partition coefficient (Wildman–Crippen LogP) is 3.62. The van der Waals surface area contributed by atoms with Gasteiger partial charge in [0.2, 0.25) is 18.0 Å². The fraction of sp³-hybridized carbons (Fsp3) is 0.536. The monoisotopic (exact) mass is 494 g/mol. The number of benzene rings is 1. The highest BCUT2D eigenvalue weighted by atomic mass is 16.5. The van der Waals surface area contributed by atoms with Gasteiger partial charge in [0, 0.05) is 32.2 Å². The van der Waals surface area contributed by atoms with Crippen LogP contribution in [0.3, 0.4) is 0 Å². The van der Waals surface area contributed by atoms with Crippen LogP contribution in [0.15, 0.2) is 48.8 Å². The number of pyridine rings is 1. The number of nitrogens with zero attached hydrogens (tertiary/aromatic N) is 3. The SMILES string of the molecule is CCCCN1C(=O)[C@H](CC(C)C)NC(=O)C12CCN(Cc1ccc(Oc3ccc[n+]([O-])c3)cc1)CC2. The lowest BCUT2D eigenvalue weighted by Crippen LogP contribution is -2.73. The Bertz CT molecular complexity index is 1050. The quantitative estimate of drug-likeness (QED) is 0.425. The maximum absolute atomic E-state index is 13.4. The molecule has 194 valence electrons. The molecule has 1 N–H and O–H groups in total. The van der Waals surface area contributed by atoms with Crippen molar-refractivity contribution in [2.75, 3.05) is 19.6 Å². The lowest BCUT2D eigenvalue weighted by atomic mass is 9.80. The summed E-state index contributed by atoms with van der Waals surface area (Å²) in [6.45, 7) is 9.20.